The third kappa shape index (κ3) is 0.883. The fraction of sp³-hybridized carbons (Fsp3) is 0.889. The monoisotopic (exact) mass is 154 g/mol. The van der Waals surface area contributed by atoms with Gasteiger partial charge >= 0.3 is 5.97 Å². The van der Waals surface area contributed by atoms with E-state index in [4.69, 9.17) is 4.74 Å². The Labute approximate surface area is 66.9 Å². The number of hydrogen-bond donors (Lipinski definition) is 0. The molecule has 0 N–H and O–H groups in total. The maximum absolute atomic E-state index is 11.4. The minimum atomic E-state index is 0.00993. The number of esters is 1. The molecule has 62 valence electrons. The van der Waals surface area contributed by atoms with Crippen LogP contribution >= 0.6 is 0 Å². The highest BCUT2D eigenvalue weighted by molar-refractivity contribution is 5.81. The zero-order valence-corrected chi connectivity index (χ0v) is 6.93. The van der Waals surface area contributed by atoms with Crippen molar-refractivity contribution in [1.82, 2.24) is 0 Å². The van der Waals surface area contributed by atoms with Crippen LogP contribution in [-0.2, 0) is 9.53 Å². The number of hydrogen-bond acceptors (Lipinski definition) is 2. The van der Waals surface area contributed by atoms with Crippen LogP contribution in [0.5, 0.6) is 0 Å². The predicted octanol–water partition coefficient (Wildman–Crippen LogP) is 1.74. The van der Waals surface area contributed by atoms with Gasteiger partial charge in [0.1, 0.15) is 0 Å². The summed E-state index contributed by atoms with van der Waals surface area (Å²) >= 11 is 0. The van der Waals surface area contributed by atoms with Crippen molar-refractivity contribution in [3.63, 3.8) is 0 Å². The Kier molecular flexibility index (Phi) is 1.44. The van der Waals surface area contributed by atoms with Gasteiger partial charge in [-0.1, -0.05) is 6.42 Å². The zero-order valence-electron chi connectivity index (χ0n) is 6.93. The Hall–Kier alpha value is -0.530. The van der Waals surface area contributed by atoms with Gasteiger partial charge < -0.3 is 4.74 Å². The van der Waals surface area contributed by atoms with Crippen molar-refractivity contribution in [2.45, 2.75) is 32.6 Å². The summed E-state index contributed by atoms with van der Waals surface area (Å²) in [6.07, 6.45) is 4.66. The lowest BCUT2D eigenvalue weighted by Crippen LogP contribution is -2.18. The molecule has 0 heterocycles. The highest BCUT2D eigenvalue weighted by Crippen LogP contribution is 2.64. The lowest BCUT2D eigenvalue weighted by Gasteiger charge is -2.09. The van der Waals surface area contributed by atoms with Crippen LogP contribution in [0.4, 0.5) is 0 Å². The van der Waals surface area contributed by atoms with Crippen LogP contribution in [-0.4, -0.2) is 12.6 Å². The fourth-order valence-electron chi connectivity index (χ4n) is 2.36. The topological polar surface area (TPSA) is 26.3 Å². The number of carbonyl (C=O) groups is 1. The third-order valence-corrected chi connectivity index (χ3v) is 3.09. The summed E-state index contributed by atoms with van der Waals surface area (Å²) in [4.78, 5) is 11.4. The van der Waals surface area contributed by atoms with Gasteiger partial charge in [-0.2, -0.15) is 0 Å². The van der Waals surface area contributed by atoms with Gasteiger partial charge in [-0.25, -0.2) is 0 Å². The molecule has 0 aromatic carbocycles. The molecule has 2 aliphatic carbocycles. The van der Waals surface area contributed by atoms with E-state index < -0.39 is 0 Å². The molecule has 0 aliphatic heterocycles. The number of ether oxygens (including phenoxy) is 1. The van der Waals surface area contributed by atoms with E-state index in [-0.39, 0.29) is 11.4 Å². The van der Waals surface area contributed by atoms with Gasteiger partial charge in [-0.15, -0.1) is 0 Å². The van der Waals surface area contributed by atoms with Gasteiger partial charge in [-0.3, -0.25) is 4.79 Å². The molecule has 2 saturated carbocycles. The van der Waals surface area contributed by atoms with Crippen molar-refractivity contribution < 1.29 is 9.53 Å². The summed E-state index contributed by atoms with van der Waals surface area (Å²) in [7, 11) is 0. The summed E-state index contributed by atoms with van der Waals surface area (Å²) in [6, 6.07) is 0. The molecule has 0 radical (unpaired) electrons. The van der Waals surface area contributed by atoms with Crippen LogP contribution in [0.15, 0.2) is 0 Å². The van der Waals surface area contributed by atoms with Crippen molar-refractivity contribution >= 4 is 5.97 Å². The summed E-state index contributed by atoms with van der Waals surface area (Å²) < 4.78 is 5.03. The van der Waals surface area contributed by atoms with E-state index in [1.807, 2.05) is 6.92 Å². The van der Waals surface area contributed by atoms with Gasteiger partial charge in [-0.05, 0) is 32.1 Å². The first kappa shape index (κ1) is 7.14. The minimum absolute atomic E-state index is 0.00993. The minimum Gasteiger partial charge on any atom is -0.466 e. The molecule has 0 amide bonds. The highest BCUT2D eigenvalue weighted by Gasteiger charge is 2.63. The first-order valence-electron chi connectivity index (χ1n) is 4.47. The van der Waals surface area contributed by atoms with Crippen molar-refractivity contribution in [2.75, 3.05) is 6.61 Å². The van der Waals surface area contributed by atoms with Gasteiger partial charge in [0.25, 0.3) is 0 Å². The molecule has 2 heteroatoms. The number of fused-ring (bicyclic) bond motifs is 1. The summed E-state index contributed by atoms with van der Waals surface area (Å²) in [5.41, 5.74) is 0.00993. The van der Waals surface area contributed by atoms with Gasteiger partial charge in [0.15, 0.2) is 0 Å². The molecule has 11 heavy (non-hydrogen) atoms. The Bertz CT molecular complexity index is 188. The molecular formula is C9H14O2. The quantitative estimate of drug-likeness (QED) is 0.566. The van der Waals surface area contributed by atoms with E-state index in [1.165, 1.54) is 12.8 Å². The van der Waals surface area contributed by atoms with E-state index in [1.54, 1.807) is 0 Å². The Morgan fingerprint density at radius 2 is 2.55 bits per heavy atom. The number of carbonyl (C=O) groups excluding carboxylic acids is 1. The SMILES string of the molecule is CCOC(=O)C12CCC[C@@H]1C2. The molecule has 0 spiro atoms. The number of rotatable bonds is 2. The van der Waals surface area contributed by atoms with E-state index in [9.17, 15) is 4.79 Å². The molecule has 0 bridgehead atoms. The molecule has 0 aromatic rings. The molecule has 2 fully saturated rings. The van der Waals surface area contributed by atoms with Gasteiger partial charge in [0, 0.05) is 0 Å². The normalized spacial score (nSPS) is 39.9. The molecule has 0 aromatic heterocycles. The second-order valence-electron chi connectivity index (χ2n) is 3.67. The van der Waals surface area contributed by atoms with Crippen molar-refractivity contribution in [3.05, 3.63) is 0 Å². The Morgan fingerprint density at radius 1 is 1.73 bits per heavy atom. The standard InChI is InChI=1S/C9H14O2/c1-2-11-8(10)9-5-3-4-7(9)6-9/h7H,2-6H2,1H3/t7-,9?/m1/s1. The van der Waals surface area contributed by atoms with Crippen LogP contribution in [0.3, 0.4) is 0 Å². The van der Waals surface area contributed by atoms with Crippen LogP contribution in [0.1, 0.15) is 32.6 Å². The Balaban J connectivity index is 1.99. The van der Waals surface area contributed by atoms with E-state index >= 15 is 0 Å². The van der Waals surface area contributed by atoms with Gasteiger partial charge in [0.2, 0.25) is 0 Å². The molecule has 2 aliphatic rings. The molecule has 0 saturated heterocycles. The lowest BCUT2D eigenvalue weighted by atomic mass is 10.1. The summed E-state index contributed by atoms with van der Waals surface area (Å²) in [5, 5.41) is 0. The van der Waals surface area contributed by atoms with E-state index in [0.29, 0.717) is 12.5 Å². The van der Waals surface area contributed by atoms with E-state index in [2.05, 4.69) is 0 Å². The first-order chi connectivity index (χ1) is 5.29. The zero-order chi connectivity index (χ0) is 7.90. The molecule has 2 nitrogen and oxygen atoms in total. The third-order valence-electron chi connectivity index (χ3n) is 3.09. The fourth-order valence-corrected chi connectivity index (χ4v) is 2.36. The maximum Gasteiger partial charge on any atom is 0.312 e. The van der Waals surface area contributed by atoms with Crippen LogP contribution in [0, 0.1) is 11.3 Å². The van der Waals surface area contributed by atoms with Crippen molar-refractivity contribution in [3.8, 4) is 0 Å². The Morgan fingerprint density at radius 3 is 3.00 bits per heavy atom. The predicted molar refractivity (Wildman–Crippen MR) is 41.0 cm³/mol. The molecular weight excluding hydrogens is 140 g/mol. The maximum atomic E-state index is 11.4. The average Bonchev–Trinajstić information content (AvgIpc) is 2.57. The smallest absolute Gasteiger partial charge is 0.312 e. The van der Waals surface area contributed by atoms with Crippen LogP contribution < -0.4 is 0 Å². The largest absolute Gasteiger partial charge is 0.466 e. The second kappa shape index (κ2) is 2.23. The van der Waals surface area contributed by atoms with Crippen LogP contribution in [0.2, 0.25) is 0 Å². The van der Waals surface area contributed by atoms with Crippen molar-refractivity contribution in [2.24, 2.45) is 11.3 Å². The molecule has 2 atom stereocenters. The summed E-state index contributed by atoms with van der Waals surface area (Å²) in [6.45, 7) is 2.41. The highest BCUT2D eigenvalue weighted by atomic mass is 16.5. The summed E-state index contributed by atoms with van der Waals surface area (Å²) in [5.74, 6) is 0.754. The molecule has 1 unspecified atom stereocenters. The second-order valence-corrected chi connectivity index (χ2v) is 3.67. The van der Waals surface area contributed by atoms with Crippen molar-refractivity contribution in [1.29, 1.82) is 0 Å². The molecule has 2 rings (SSSR count). The van der Waals surface area contributed by atoms with Gasteiger partial charge in [0.05, 0.1) is 12.0 Å². The average molecular weight is 154 g/mol. The first-order valence-corrected chi connectivity index (χ1v) is 4.47. The lowest BCUT2D eigenvalue weighted by molar-refractivity contribution is -0.150. The van der Waals surface area contributed by atoms with E-state index in [0.717, 1.165) is 12.8 Å². The van der Waals surface area contributed by atoms with Crippen LogP contribution in [0.25, 0.3) is 0 Å².